The number of aryl methyl sites for hydroxylation is 2. The van der Waals surface area contributed by atoms with E-state index in [0.717, 1.165) is 18.2 Å². The molecule has 0 fully saturated rings. The average molecular weight is 473 g/mol. The SMILES string of the molecule is Cc1ccc(C)c(S(=O)(=O)Nc2ccc(O)c([C@H](C(=O)OC(C)C)C(=O)C(F)(F)F)c2)c1. The van der Waals surface area contributed by atoms with Gasteiger partial charge in [0.25, 0.3) is 15.8 Å². The molecule has 7 nitrogen and oxygen atoms in total. The molecule has 174 valence electrons. The molecule has 0 aliphatic rings. The molecule has 2 rings (SSSR count). The lowest BCUT2D eigenvalue weighted by Crippen LogP contribution is -2.35. The van der Waals surface area contributed by atoms with E-state index in [9.17, 15) is 36.3 Å². The first-order valence-electron chi connectivity index (χ1n) is 9.38. The average Bonchev–Trinajstić information content (AvgIpc) is 2.64. The first-order valence-corrected chi connectivity index (χ1v) is 10.9. The number of phenols is 1. The number of sulfonamides is 1. The van der Waals surface area contributed by atoms with Crippen molar-refractivity contribution < 1.29 is 41.0 Å². The molecular weight excluding hydrogens is 451 g/mol. The van der Waals surface area contributed by atoms with Gasteiger partial charge in [0.2, 0.25) is 0 Å². The van der Waals surface area contributed by atoms with Crippen molar-refractivity contribution in [3.8, 4) is 5.75 Å². The Morgan fingerprint density at radius 1 is 1.06 bits per heavy atom. The van der Waals surface area contributed by atoms with Crippen molar-refractivity contribution in [1.82, 2.24) is 0 Å². The Hall–Kier alpha value is -3.08. The number of ether oxygens (including phenoxy) is 1. The van der Waals surface area contributed by atoms with Crippen LogP contribution >= 0.6 is 0 Å². The van der Waals surface area contributed by atoms with Crippen LogP contribution in [0.15, 0.2) is 41.3 Å². The summed E-state index contributed by atoms with van der Waals surface area (Å²) in [4.78, 5) is 24.2. The Balaban J connectivity index is 2.54. The summed E-state index contributed by atoms with van der Waals surface area (Å²) < 4.78 is 72.0. The zero-order valence-corrected chi connectivity index (χ0v) is 18.5. The fraction of sp³-hybridized carbons (Fsp3) is 0.333. The molecule has 0 saturated heterocycles. The largest absolute Gasteiger partial charge is 0.508 e. The number of nitrogens with one attached hydrogen (secondary N) is 1. The molecule has 0 heterocycles. The maximum absolute atomic E-state index is 13.1. The lowest BCUT2D eigenvalue weighted by Gasteiger charge is -2.20. The lowest BCUT2D eigenvalue weighted by atomic mass is 9.93. The number of phenolic OH excluding ortho intramolecular Hbond substituents is 1. The van der Waals surface area contributed by atoms with Crippen molar-refractivity contribution in [2.75, 3.05) is 4.72 Å². The van der Waals surface area contributed by atoms with Crippen LogP contribution in [0.5, 0.6) is 5.75 Å². The molecule has 0 aromatic heterocycles. The van der Waals surface area contributed by atoms with Gasteiger partial charge in [-0.05, 0) is 63.1 Å². The van der Waals surface area contributed by atoms with Crippen molar-refractivity contribution in [3.05, 3.63) is 53.1 Å². The predicted molar refractivity (Wildman–Crippen MR) is 110 cm³/mol. The number of Topliss-reactive ketones (excluding diaryl/α,β-unsaturated/α-hetero) is 1. The molecule has 32 heavy (non-hydrogen) atoms. The predicted octanol–water partition coefficient (Wildman–Crippen LogP) is 3.98. The third-order valence-electron chi connectivity index (χ3n) is 4.35. The number of esters is 1. The summed E-state index contributed by atoms with van der Waals surface area (Å²) in [5, 5.41) is 10.1. The van der Waals surface area contributed by atoms with Gasteiger partial charge in [-0.15, -0.1) is 0 Å². The van der Waals surface area contributed by atoms with Crippen molar-refractivity contribution in [3.63, 3.8) is 0 Å². The molecule has 0 aliphatic carbocycles. The minimum Gasteiger partial charge on any atom is -0.508 e. The smallest absolute Gasteiger partial charge is 0.451 e. The molecule has 2 aromatic carbocycles. The van der Waals surface area contributed by atoms with E-state index in [0.29, 0.717) is 11.1 Å². The van der Waals surface area contributed by atoms with E-state index in [-0.39, 0.29) is 10.6 Å². The van der Waals surface area contributed by atoms with Crippen LogP contribution in [0.2, 0.25) is 0 Å². The Morgan fingerprint density at radius 3 is 2.25 bits per heavy atom. The van der Waals surface area contributed by atoms with Gasteiger partial charge >= 0.3 is 12.1 Å². The Bertz CT molecular complexity index is 1140. The van der Waals surface area contributed by atoms with Crippen LogP contribution in [0.1, 0.15) is 36.5 Å². The van der Waals surface area contributed by atoms with Gasteiger partial charge in [-0.25, -0.2) is 8.42 Å². The van der Waals surface area contributed by atoms with E-state index >= 15 is 0 Å². The van der Waals surface area contributed by atoms with Crippen LogP contribution < -0.4 is 4.72 Å². The summed E-state index contributed by atoms with van der Waals surface area (Å²) in [6.07, 6.45) is -6.24. The summed E-state index contributed by atoms with van der Waals surface area (Å²) in [6.45, 7) is 6.00. The molecule has 2 N–H and O–H groups in total. The number of halogens is 3. The molecule has 11 heteroatoms. The molecule has 0 radical (unpaired) electrons. The number of hydrogen-bond donors (Lipinski definition) is 2. The highest BCUT2D eigenvalue weighted by Crippen LogP contribution is 2.36. The number of rotatable bonds is 7. The third kappa shape index (κ3) is 5.78. The Morgan fingerprint density at radius 2 is 1.69 bits per heavy atom. The highest BCUT2D eigenvalue weighted by atomic mass is 32.2. The molecule has 0 aliphatic heterocycles. The maximum atomic E-state index is 13.1. The van der Waals surface area contributed by atoms with Crippen molar-refractivity contribution in [2.24, 2.45) is 0 Å². The second-order valence-electron chi connectivity index (χ2n) is 7.43. The fourth-order valence-electron chi connectivity index (χ4n) is 2.90. The summed E-state index contributed by atoms with van der Waals surface area (Å²) in [5.41, 5.74) is 0.0949. The van der Waals surface area contributed by atoms with E-state index in [1.807, 2.05) is 0 Å². The van der Waals surface area contributed by atoms with Gasteiger partial charge in [0.05, 0.1) is 11.0 Å². The van der Waals surface area contributed by atoms with Crippen molar-refractivity contribution in [1.29, 1.82) is 0 Å². The van der Waals surface area contributed by atoms with E-state index in [1.165, 1.54) is 19.9 Å². The number of hydrogen-bond acceptors (Lipinski definition) is 6. The number of carbonyl (C=O) groups is 2. The minimum atomic E-state index is -5.40. The zero-order chi connectivity index (χ0) is 24.4. The number of ketones is 1. The number of aromatic hydroxyl groups is 1. The second kappa shape index (κ2) is 9.19. The van der Waals surface area contributed by atoms with Gasteiger partial charge in [-0.1, -0.05) is 12.1 Å². The first kappa shape index (κ1) is 25.2. The highest BCUT2D eigenvalue weighted by molar-refractivity contribution is 7.92. The summed E-state index contributed by atoms with van der Waals surface area (Å²) in [7, 11) is -4.16. The molecule has 0 bridgehead atoms. The quantitative estimate of drug-likeness (QED) is 0.358. The van der Waals surface area contributed by atoms with Gasteiger partial charge in [0.15, 0.2) is 5.92 Å². The van der Waals surface area contributed by atoms with Gasteiger partial charge in [-0.2, -0.15) is 13.2 Å². The molecule has 0 spiro atoms. The van der Waals surface area contributed by atoms with Crippen molar-refractivity contribution >= 4 is 27.5 Å². The van der Waals surface area contributed by atoms with E-state index < -0.39 is 51.3 Å². The van der Waals surface area contributed by atoms with Gasteiger partial charge in [0, 0.05) is 11.3 Å². The van der Waals surface area contributed by atoms with Crippen LogP contribution in [0.25, 0.3) is 0 Å². The normalized spacial score (nSPS) is 13.0. The molecular formula is C21H22F3NO6S. The Kier molecular flexibility index (Phi) is 7.23. The molecule has 1 atom stereocenters. The Labute approximate surface area is 183 Å². The van der Waals surface area contributed by atoms with Crippen LogP contribution in [-0.4, -0.2) is 37.6 Å². The zero-order valence-electron chi connectivity index (χ0n) is 17.6. The lowest BCUT2D eigenvalue weighted by molar-refractivity contribution is -0.178. The van der Waals surface area contributed by atoms with Gasteiger partial charge in [-0.3, -0.25) is 14.3 Å². The van der Waals surface area contributed by atoms with E-state index in [4.69, 9.17) is 4.74 Å². The van der Waals surface area contributed by atoms with E-state index in [1.54, 1.807) is 26.0 Å². The van der Waals surface area contributed by atoms with Crippen LogP contribution in [0, 0.1) is 13.8 Å². The number of benzene rings is 2. The van der Waals surface area contributed by atoms with E-state index in [2.05, 4.69) is 4.72 Å². The minimum absolute atomic E-state index is 0.0609. The monoisotopic (exact) mass is 473 g/mol. The third-order valence-corrected chi connectivity index (χ3v) is 5.88. The van der Waals surface area contributed by atoms with Gasteiger partial charge < -0.3 is 9.84 Å². The number of anilines is 1. The first-order chi connectivity index (χ1) is 14.6. The fourth-order valence-corrected chi connectivity index (χ4v) is 4.28. The summed E-state index contributed by atoms with van der Waals surface area (Å²) in [6, 6.07) is 7.48. The van der Waals surface area contributed by atoms with Crippen LogP contribution in [0.4, 0.5) is 18.9 Å². The summed E-state index contributed by atoms with van der Waals surface area (Å²) in [5.74, 6) is -7.30. The molecule has 0 saturated carbocycles. The highest BCUT2D eigenvalue weighted by Gasteiger charge is 2.48. The topological polar surface area (TPSA) is 110 Å². The number of alkyl halides is 3. The van der Waals surface area contributed by atoms with Crippen molar-refractivity contribution in [2.45, 2.75) is 50.8 Å². The van der Waals surface area contributed by atoms with Gasteiger partial charge in [0.1, 0.15) is 5.75 Å². The molecule has 2 aromatic rings. The summed E-state index contributed by atoms with van der Waals surface area (Å²) >= 11 is 0. The molecule has 0 unspecified atom stereocenters. The molecule has 0 amide bonds. The second-order valence-corrected chi connectivity index (χ2v) is 9.08. The number of carbonyl (C=O) groups excluding carboxylic acids is 2. The van der Waals surface area contributed by atoms with Crippen LogP contribution in [0.3, 0.4) is 0 Å². The standard InChI is InChI=1S/C21H22F3NO6S/c1-11(2)31-20(28)18(19(27)21(22,23)24)15-10-14(7-8-16(15)26)25-32(29,30)17-9-12(3)5-6-13(17)4/h5-11,18,25-26H,1-4H3/t18-/m0/s1. The van der Waals surface area contributed by atoms with Crippen LogP contribution in [-0.2, 0) is 24.3 Å². The maximum Gasteiger partial charge on any atom is 0.451 e.